The van der Waals surface area contributed by atoms with Gasteiger partial charge in [-0.25, -0.2) is 0 Å². The summed E-state index contributed by atoms with van der Waals surface area (Å²) in [5.41, 5.74) is 3.05. The molecule has 2 aromatic rings. The van der Waals surface area contributed by atoms with E-state index in [1.165, 1.54) is 17.3 Å². The van der Waals surface area contributed by atoms with Crippen LogP contribution >= 0.6 is 35.6 Å². The van der Waals surface area contributed by atoms with E-state index in [0.29, 0.717) is 33.1 Å². The van der Waals surface area contributed by atoms with Crippen LogP contribution in [0.2, 0.25) is 5.02 Å². The molecule has 1 aliphatic heterocycles. The molecule has 0 radical (unpaired) electrons. The molecule has 0 N–H and O–H groups in total. The largest absolute Gasteiger partial charge is 0.488 e. The van der Waals surface area contributed by atoms with E-state index in [1.807, 2.05) is 37.3 Å². The van der Waals surface area contributed by atoms with Gasteiger partial charge in [0.2, 0.25) is 0 Å². The molecule has 1 amide bonds. The average molecular weight is 416 g/mol. The highest BCUT2D eigenvalue weighted by Gasteiger charge is 2.31. The zero-order chi connectivity index (χ0) is 19.4. The summed E-state index contributed by atoms with van der Waals surface area (Å²) in [5.74, 6) is 0.495. The monoisotopic (exact) mass is 415 g/mol. The van der Waals surface area contributed by atoms with E-state index in [2.05, 4.69) is 6.58 Å². The number of benzene rings is 2. The zero-order valence-electron chi connectivity index (χ0n) is 14.8. The Hall–Kier alpha value is -2.08. The number of thioether (sulfide) groups is 1. The molecule has 0 aromatic heterocycles. The SMILES string of the molecule is C=CCOc1ccc(/C=C2\SC(=S)N(Cc3ccc(C)cc3)C2=O)cc1Cl. The fourth-order valence-corrected chi connectivity index (χ4v) is 4.03. The van der Waals surface area contributed by atoms with Crippen LogP contribution in [0, 0.1) is 6.92 Å². The van der Waals surface area contributed by atoms with Crippen LogP contribution in [0.4, 0.5) is 0 Å². The third-order valence-electron chi connectivity index (χ3n) is 3.95. The quantitative estimate of drug-likeness (QED) is 0.348. The van der Waals surface area contributed by atoms with Crippen molar-refractivity contribution in [3.8, 4) is 5.75 Å². The van der Waals surface area contributed by atoms with Crippen LogP contribution in [0.1, 0.15) is 16.7 Å². The van der Waals surface area contributed by atoms with E-state index in [1.54, 1.807) is 29.2 Å². The number of nitrogens with zero attached hydrogens (tertiary/aromatic N) is 1. The first-order valence-electron chi connectivity index (χ1n) is 8.32. The molecule has 1 saturated heterocycles. The molecule has 0 spiro atoms. The highest BCUT2D eigenvalue weighted by molar-refractivity contribution is 8.26. The van der Waals surface area contributed by atoms with Gasteiger partial charge in [-0.05, 0) is 36.3 Å². The van der Waals surface area contributed by atoms with Crippen LogP contribution in [-0.2, 0) is 11.3 Å². The molecule has 1 heterocycles. The predicted molar refractivity (Wildman–Crippen MR) is 117 cm³/mol. The molecule has 2 aromatic carbocycles. The number of rotatable bonds is 6. The third-order valence-corrected chi connectivity index (χ3v) is 5.62. The van der Waals surface area contributed by atoms with E-state index >= 15 is 0 Å². The standard InChI is InChI=1S/C21H18ClNO2S2/c1-3-10-25-18-9-8-16(11-17(18)22)12-19-20(24)23(21(26)27-19)13-15-6-4-14(2)5-7-15/h3-9,11-12H,1,10,13H2,2H3/b19-12-. The molecule has 6 heteroatoms. The minimum Gasteiger partial charge on any atom is -0.488 e. The smallest absolute Gasteiger partial charge is 0.266 e. The Bertz CT molecular complexity index is 922. The average Bonchev–Trinajstić information content (AvgIpc) is 2.90. The lowest BCUT2D eigenvalue weighted by molar-refractivity contribution is -0.122. The van der Waals surface area contributed by atoms with Crippen molar-refractivity contribution in [3.05, 3.63) is 81.7 Å². The molecular formula is C21H18ClNO2S2. The second-order valence-electron chi connectivity index (χ2n) is 6.04. The lowest BCUT2D eigenvalue weighted by atomic mass is 10.1. The van der Waals surface area contributed by atoms with Crippen molar-refractivity contribution in [2.45, 2.75) is 13.5 Å². The van der Waals surface area contributed by atoms with Gasteiger partial charge in [-0.3, -0.25) is 9.69 Å². The molecule has 0 aliphatic carbocycles. The van der Waals surface area contributed by atoms with Crippen molar-refractivity contribution in [1.29, 1.82) is 0 Å². The molecule has 1 aliphatic rings. The van der Waals surface area contributed by atoms with Gasteiger partial charge in [0.05, 0.1) is 16.5 Å². The van der Waals surface area contributed by atoms with Gasteiger partial charge in [0.1, 0.15) is 16.7 Å². The predicted octanol–water partition coefficient (Wildman–Crippen LogP) is 5.61. The van der Waals surface area contributed by atoms with Gasteiger partial charge in [-0.1, -0.05) is 84.1 Å². The maximum atomic E-state index is 12.8. The molecular weight excluding hydrogens is 398 g/mol. The third kappa shape index (κ3) is 4.80. The number of hydrogen-bond donors (Lipinski definition) is 0. The second-order valence-corrected chi connectivity index (χ2v) is 8.13. The molecule has 27 heavy (non-hydrogen) atoms. The fourth-order valence-electron chi connectivity index (χ4n) is 2.54. The summed E-state index contributed by atoms with van der Waals surface area (Å²) in [6, 6.07) is 13.5. The highest BCUT2D eigenvalue weighted by Crippen LogP contribution is 2.35. The Morgan fingerprint density at radius 2 is 2.00 bits per heavy atom. The van der Waals surface area contributed by atoms with Crippen molar-refractivity contribution in [2.75, 3.05) is 6.61 Å². The van der Waals surface area contributed by atoms with Gasteiger partial charge in [0.25, 0.3) is 5.91 Å². The van der Waals surface area contributed by atoms with Crippen molar-refractivity contribution in [1.82, 2.24) is 4.90 Å². The first-order valence-corrected chi connectivity index (χ1v) is 9.92. The number of thiocarbonyl (C=S) groups is 1. The number of halogens is 1. The van der Waals surface area contributed by atoms with Gasteiger partial charge >= 0.3 is 0 Å². The lowest BCUT2D eigenvalue weighted by Gasteiger charge is -2.14. The van der Waals surface area contributed by atoms with E-state index in [-0.39, 0.29) is 5.91 Å². The number of carbonyl (C=O) groups excluding carboxylic acids is 1. The molecule has 0 atom stereocenters. The van der Waals surface area contributed by atoms with E-state index in [9.17, 15) is 4.79 Å². The van der Waals surface area contributed by atoms with Crippen LogP contribution in [0.5, 0.6) is 5.75 Å². The second kappa shape index (κ2) is 8.74. The Morgan fingerprint density at radius 3 is 2.67 bits per heavy atom. The molecule has 138 valence electrons. The molecule has 1 fully saturated rings. The number of aryl methyl sites for hydroxylation is 1. The van der Waals surface area contributed by atoms with Crippen LogP contribution in [0.25, 0.3) is 6.08 Å². The normalized spacial score (nSPS) is 15.5. The van der Waals surface area contributed by atoms with Crippen molar-refractivity contribution in [3.63, 3.8) is 0 Å². The van der Waals surface area contributed by atoms with Crippen molar-refractivity contribution >= 4 is 51.9 Å². The summed E-state index contributed by atoms with van der Waals surface area (Å²) in [4.78, 5) is 15.0. The fraction of sp³-hybridized carbons (Fsp3) is 0.143. The maximum absolute atomic E-state index is 12.8. The molecule has 0 saturated carbocycles. The zero-order valence-corrected chi connectivity index (χ0v) is 17.2. The van der Waals surface area contributed by atoms with Gasteiger partial charge in [0.15, 0.2) is 0 Å². The summed E-state index contributed by atoms with van der Waals surface area (Å²) < 4.78 is 6.03. The Balaban J connectivity index is 1.76. The highest BCUT2D eigenvalue weighted by atomic mass is 35.5. The van der Waals surface area contributed by atoms with Gasteiger partial charge in [-0.2, -0.15) is 0 Å². The molecule has 0 unspecified atom stereocenters. The van der Waals surface area contributed by atoms with E-state index in [0.717, 1.165) is 11.1 Å². The van der Waals surface area contributed by atoms with E-state index < -0.39 is 0 Å². The minimum absolute atomic E-state index is 0.0892. The number of hydrogen-bond acceptors (Lipinski definition) is 4. The lowest BCUT2D eigenvalue weighted by Crippen LogP contribution is -2.27. The molecule has 0 bridgehead atoms. The summed E-state index contributed by atoms with van der Waals surface area (Å²) >= 11 is 13.0. The Morgan fingerprint density at radius 1 is 1.26 bits per heavy atom. The number of amides is 1. The Labute approximate surface area is 173 Å². The molecule has 3 nitrogen and oxygen atoms in total. The van der Waals surface area contributed by atoms with Crippen molar-refractivity contribution in [2.24, 2.45) is 0 Å². The number of ether oxygens (including phenoxy) is 1. The van der Waals surface area contributed by atoms with Gasteiger partial charge in [0, 0.05) is 0 Å². The van der Waals surface area contributed by atoms with Gasteiger partial charge in [-0.15, -0.1) is 0 Å². The van der Waals surface area contributed by atoms with Gasteiger partial charge < -0.3 is 4.74 Å². The topological polar surface area (TPSA) is 29.5 Å². The molecule has 3 rings (SSSR count). The summed E-state index contributed by atoms with van der Waals surface area (Å²) in [6.45, 7) is 6.50. The maximum Gasteiger partial charge on any atom is 0.266 e. The summed E-state index contributed by atoms with van der Waals surface area (Å²) in [5, 5.41) is 0.487. The van der Waals surface area contributed by atoms with E-state index in [4.69, 9.17) is 28.6 Å². The minimum atomic E-state index is -0.0892. The first-order chi connectivity index (χ1) is 13.0. The number of carbonyl (C=O) groups is 1. The van der Waals surface area contributed by atoms with Crippen LogP contribution in [-0.4, -0.2) is 21.7 Å². The Kier molecular flexibility index (Phi) is 6.37. The van der Waals surface area contributed by atoms with Crippen molar-refractivity contribution < 1.29 is 9.53 Å². The van der Waals surface area contributed by atoms with Crippen LogP contribution in [0.15, 0.2) is 60.0 Å². The van der Waals surface area contributed by atoms with Crippen LogP contribution < -0.4 is 4.74 Å². The summed E-state index contributed by atoms with van der Waals surface area (Å²) in [7, 11) is 0. The van der Waals surface area contributed by atoms with Crippen LogP contribution in [0.3, 0.4) is 0 Å². The summed E-state index contributed by atoms with van der Waals surface area (Å²) in [6.07, 6.45) is 3.46. The first kappa shape index (κ1) is 19.7.